The second kappa shape index (κ2) is 3.72. The van der Waals surface area contributed by atoms with Crippen LogP contribution in [-0.2, 0) is 10.0 Å². The van der Waals surface area contributed by atoms with Crippen LogP contribution < -0.4 is 10.5 Å². The van der Waals surface area contributed by atoms with Gasteiger partial charge in [0.15, 0.2) is 0 Å². The molecule has 1 aromatic carbocycles. The molecule has 1 aromatic rings. The highest BCUT2D eigenvalue weighted by Crippen LogP contribution is 2.21. The van der Waals surface area contributed by atoms with Gasteiger partial charge in [0, 0.05) is 5.69 Å². The van der Waals surface area contributed by atoms with E-state index < -0.39 is 10.0 Å². The Morgan fingerprint density at radius 1 is 1.36 bits per heavy atom. The summed E-state index contributed by atoms with van der Waals surface area (Å²) in [5, 5.41) is 2.62. The molecule has 0 aliphatic rings. The lowest BCUT2D eigenvalue weighted by atomic mass is 10.3. The van der Waals surface area contributed by atoms with Gasteiger partial charge in [-0.3, -0.25) is 0 Å². The van der Waals surface area contributed by atoms with Crippen molar-refractivity contribution in [3.05, 3.63) is 23.1 Å². The Morgan fingerprint density at radius 3 is 2.50 bits per heavy atom. The molecule has 0 spiro atoms. The van der Waals surface area contributed by atoms with Crippen molar-refractivity contribution in [2.75, 3.05) is 12.8 Å². The fourth-order valence-corrected chi connectivity index (χ4v) is 1.73. The quantitative estimate of drug-likeness (QED) is 0.568. The zero-order valence-corrected chi connectivity index (χ0v) is 8.21. The molecule has 7 heteroatoms. The number of nitrogen functional groups attached to an aromatic ring is 1. The van der Waals surface area contributed by atoms with Gasteiger partial charge in [0.2, 0.25) is 10.0 Å². The second-order valence-corrected chi connectivity index (χ2v) is 4.45. The summed E-state index contributed by atoms with van der Waals surface area (Å²) in [6.45, 7) is 0. The van der Waals surface area contributed by atoms with E-state index in [4.69, 9.17) is 5.73 Å². The minimum atomic E-state index is -3.58. The molecule has 0 aromatic heterocycles. The third-order valence-corrected chi connectivity index (χ3v) is 2.99. The number of anilines is 1. The van der Waals surface area contributed by atoms with Crippen LogP contribution in [0.25, 0.3) is 0 Å². The lowest BCUT2D eigenvalue weighted by molar-refractivity contribution is 0.588. The van der Waals surface area contributed by atoms with Crippen molar-refractivity contribution < 1.29 is 8.42 Å². The van der Waals surface area contributed by atoms with Crippen molar-refractivity contribution >= 4 is 21.4 Å². The van der Waals surface area contributed by atoms with E-state index in [2.05, 4.69) is 9.90 Å². The maximum absolute atomic E-state index is 11.3. The molecule has 0 atom stereocenters. The predicted molar refractivity (Wildman–Crippen MR) is 52.6 cm³/mol. The summed E-state index contributed by atoms with van der Waals surface area (Å²) in [4.78, 5) is 10.1. The SMILES string of the molecule is CNS(=O)(=O)c1cc(N)cc(N=O)c1. The van der Waals surface area contributed by atoms with Crippen LogP contribution in [0.2, 0.25) is 0 Å². The first-order valence-corrected chi connectivity index (χ1v) is 5.15. The zero-order chi connectivity index (χ0) is 10.8. The minimum absolute atomic E-state index is 0.0150. The summed E-state index contributed by atoms with van der Waals surface area (Å²) in [7, 11) is -2.31. The fraction of sp³-hybridized carbons (Fsp3) is 0.143. The van der Waals surface area contributed by atoms with Gasteiger partial charge >= 0.3 is 0 Å². The fourth-order valence-electron chi connectivity index (χ4n) is 0.931. The predicted octanol–water partition coefficient (Wildman–Crippen LogP) is 0.575. The highest BCUT2D eigenvalue weighted by atomic mass is 32.2. The molecule has 6 nitrogen and oxygen atoms in total. The first-order chi connectivity index (χ1) is 6.49. The van der Waals surface area contributed by atoms with Crippen molar-refractivity contribution in [3.8, 4) is 0 Å². The molecule has 0 radical (unpaired) electrons. The summed E-state index contributed by atoms with van der Waals surface area (Å²) in [5.41, 5.74) is 5.56. The third-order valence-electron chi connectivity index (χ3n) is 1.60. The molecule has 3 N–H and O–H groups in total. The van der Waals surface area contributed by atoms with E-state index in [1.807, 2.05) is 0 Å². The highest BCUT2D eigenvalue weighted by Gasteiger charge is 2.12. The zero-order valence-electron chi connectivity index (χ0n) is 7.39. The summed E-state index contributed by atoms with van der Waals surface area (Å²) in [5.74, 6) is 0. The van der Waals surface area contributed by atoms with Crippen LogP contribution in [0.4, 0.5) is 11.4 Å². The van der Waals surface area contributed by atoms with E-state index in [0.717, 1.165) is 6.07 Å². The number of nitrogens with one attached hydrogen (secondary N) is 1. The average Bonchev–Trinajstić information content (AvgIpc) is 2.16. The van der Waals surface area contributed by atoms with Gasteiger partial charge in [-0.05, 0) is 30.4 Å². The highest BCUT2D eigenvalue weighted by molar-refractivity contribution is 7.89. The molecule has 0 unspecified atom stereocenters. The average molecular weight is 215 g/mol. The molecular weight excluding hydrogens is 206 g/mol. The molecule has 0 aliphatic heterocycles. The van der Waals surface area contributed by atoms with Crippen LogP contribution in [0.5, 0.6) is 0 Å². The normalized spacial score (nSPS) is 11.2. The Bertz CT molecular complexity index is 455. The molecule has 76 valence electrons. The Balaban J connectivity index is 3.36. The molecule has 0 aliphatic carbocycles. The molecule has 14 heavy (non-hydrogen) atoms. The van der Waals surface area contributed by atoms with E-state index in [-0.39, 0.29) is 16.3 Å². The van der Waals surface area contributed by atoms with Crippen LogP contribution in [0.15, 0.2) is 28.3 Å². The number of hydrogen-bond donors (Lipinski definition) is 2. The number of benzene rings is 1. The number of nitrogens with two attached hydrogens (primary N) is 1. The molecule has 0 saturated carbocycles. The number of nitrogens with zero attached hydrogens (tertiary/aromatic N) is 1. The lowest BCUT2D eigenvalue weighted by Crippen LogP contribution is -2.18. The Hall–Kier alpha value is -1.47. The number of sulfonamides is 1. The van der Waals surface area contributed by atoms with Crippen LogP contribution in [0, 0.1) is 4.91 Å². The van der Waals surface area contributed by atoms with Gasteiger partial charge in [-0.25, -0.2) is 13.1 Å². The van der Waals surface area contributed by atoms with E-state index >= 15 is 0 Å². The van der Waals surface area contributed by atoms with E-state index in [0.29, 0.717) is 0 Å². The van der Waals surface area contributed by atoms with Crippen molar-refractivity contribution in [2.45, 2.75) is 4.90 Å². The van der Waals surface area contributed by atoms with Crippen LogP contribution >= 0.6 is 0 Å². The molecule has 0 bridgehead atoms. The van der Waals surface area contributed by atoms with Gasteiger partial charge in [0.05, 0.1) is 4.90 Å². The number of nitroso groups, excluding NO2 is 1. The van der Waals surface area contributed by atoms with Crippen LogP contribution in [-0.4, -0.2) is 15.5 Å². The molecular formula is C7H9N3O3S. The summed E-state index contributed by atoms with van der Waals surface area (Å²) in [6.07, 6.45) is 0. The van der Waals surface area contributed by atoms with Crippen molar-refractivity contribution in [3.63, 3.8) is 0 Å². The van der Waals surface area contributed by atoms with Gasteiger partial charge in [0.1, 0.15) is 5.69 Å². The largest absolute Gasteiger partial charge is 0.399 e. The molecule has 1 rings (SSSR count). The van der Waals surface area contributed by atoms with E-state index in [9.17, 15) is 13.3 Å². The van der Waals surface area contributed by atoms with E-state index in [1.54, 1.807) is 0 Å². The Morgan fingerprint density at radius 2 is 2.00 bits per heavy atom. The van der Waals surface area contributed by atoms with Crippen LogP contribution in [0.1, 0.15) is 0 Å². The Kier molecular flexibility index (Phi) is 2.82. The summed E-state index contributed by atoms with van der Waals surface area (Å²) in [6, 6.07) is 3.69. The Labute approximate surface area is 81.1 Å². The molecule has 0 saturated heterocycles. The molecule has 0 amide bonds. The molecule has 0 heterocycles. The monoisotopic (exact) mass is 215 g/mol. The topological polar surface area (TPSA) is 102 Å². The lowest BCUT2D eigenvalue weighted by Gasteiger charge is -2.03. The number of rotatable bonds is 3. The van der Waals surface area contributed by atoms with Crippen LogP contribution in [0.3, 0.4) is 0 Å². The number of hydrogen-bond acceptors (Lipinski definition) is 5. The third kappa shape index (κ3) is 2.06. The summed E-state index contributed by atoms with van der Waals surface area (Å²) < 4.78 is 24.7. The van der Waals surface area contributed by atoms with Gasteiger partial charge in [0.25, 0.3) is 0 Å². The first kappa shape index (κ1) is 10.6. The minimum Gasteiger partial charge on any atom is -0.399 e. The summed E-state index contributed by atoms with van der Waals surface area (Å²) >= 11 is 0. The van der Waals surface area contributed by atoms with Crippen molar-refractivity contribution in [1.82, 2.24) is 4.72 Å². The maximum Gasteiger partial charge on any atom is 0.240 e. The molecule has 0 fully saturated rings. The van der Waals surface area contributed by atoms with Crippen molar-refractivity contribution in [2.24, 2.45) is 5.18 Å². The first-order valence-electron chi connectivity index (χ1n) is 3.67. The van der Waals surface area contributed by atoms with Crippen molar-refractivity contribution in [1.29, 1.82) is 0 Å². The van der Waals surface area contributed by atoms with Gasteiger partial charge in [-0.1, -0.05) is 0 Å². The maximum atomic E-state index is 11.3. The van der Waals surface area contributed by atoms with Gasteiger partial charge < -0.3 is 5.73 Å². The smallest absolute Gasteiger partial charge is 0.240 e. The van der Waals surface area contributed by atoms with Gasteiger partial charge in [-0.2, -0.15) is 0 Å². The standard InChI is InChI=1S/C7H9N3O3S/c1-9-14(12,13)7-3-5(8)2-6(4-7)10-11/h2-4,9H,8H2,1H3. The van der Waals surface area contributed by atoms with Gasteiger partial charge in [-0.15, -0.1) is 4.91 Å². The second-order valence-electron chi connectivity index (χ2n) is 2.56. The van der Waals surface area contributed by atoms with E-state index in [1.165, 1.54) is 19.2 Å².